The molecule has 0 bridgehead atoms. The molecule has 0 saturated heterocycles. The van der Waals surface area contributed by atoms with E-state index in [2.05, 4.69) is 11.4 Å². The Bertz CT molecular complexity index is 10.8. The van der Waals surface area contributed by atoms with Crippen LogP contribution in [0.1, 0.15) is 0 Å². The van der Waals surface area contributed by atoms with Crippen LogP contribution in [0.25, 0.3) is 0 Å². The van der Waals surface area contributed by atoms with Crippen molar-refractivity contribution in [2.24, 2.45) is 0 Å². The third-order valence-corrected chi connectivity index (χ3v) is 0. The first-order valence-electron chi connectivity index (χ1n) is 1.34. The van der Waals surface area contributed by atoms with Crippen molar-refractivity contribution < 1.29 is 0 Å². The molecule has 0 N–H and O–H groups in total. The molecule has 0 fully saturated rings. The minimum atomic E-state index is -0.0486. The predicted octanol–water partition coefficient (Wildman–Crippen LogP) is 0.406. The number of hydrogen-bond donors (Lipinski definition) is 0. The van der Waals surface area contributed by atoms with Crippen LogP contribution < -0.4 is 0 Å². The zero-order valence-electron chi connectivity index (χ0n) is 3.45. The second kappa shape index (κ2) is 2.78. The van der Waals surface area contributed by atoms with Gasteiger partial charge in [-0.2, -0.15) is 0 Å². The molecule has 0 rings (SSSR count). The van der Waals surface area contributed by atoms with Gasteiger partial charge >= 0.3 is 46.6 Å². The molecular formula is C2H6AsNa. The molecule has 4 heavy (non-hydrogen) atoms. The Hall–Kier alpha value is 1.56. The average molecular weight is 128 g/mol. The molecule has 0 spiro atoms. The van der Waals surface area contributed by atoms with Crippen LogP contribution in [0.15, 0.2) is 0 Å². The van der Waals surface area contributed by atoms with Crippen molar-refractivity contribution in [3.8, 4) is 0 Å². The van der Waals surface area contributed by atoms with E-state index in [-0.39, 0.29) is 10.1 Å². The minimum absolute atomic E-state index is 0.0486. The standard InChI is InChI=1S/C2H6As.Na/c1-3-2;/h1-2H3;/q-1;+1. The molecule has 0 aliphatic carbocycles. The van der Waals surface area contributed by atoms with Crippen LogP contribution >= 0.6 is 0 Å². The summed E-state index contributed by atoms with van der Waals surface area (Å²) in [5.74, 6) is 0. The molecule has 0 unspecified atom stereocenters. The van der Waals surface area contributed by atoms with Crippen molar-refractivity contribution in [1.29, 1.82) is 0 Å². The van der Waals surface area contributed by atoms with E-state index in [1.165, 1.54) is 25.1 Å². The molecular weight excluding hydrogens is 122 g/mol. The summed E-state index contributed by atoms with van der Waals surface area (Å²) < 4.78 is 0. The van der Waals surface area contributed by atoms with Crippen molar-refractivity contribution in [1.82, 2.24) is 0 Å². The van der Waals surface area contributed by atoms with Crippen molar-refractivity contribution >= 4 is 35.2 Å². The summed E-state index contributed by atoms with van der Waals surface area (Å²) in [6.45, 7) is 0. The molecule has 2 heteroatoms. The summed E-state index contributed by atoms with van der Waals surface area (Å²) in [5.41, 5.74) is 4.75. The summed E-state index contributed by atoms with van der Waals surface area (Å²) in [7, 11) is -0.0486. The summed E-state index contributed by atoms with van der Waals surface area (Å²) in [5, 5.41) is 0. The second-order valence-electron chi connectivity index (χ2n) is 1.34. The van der Waals surface area contributed by atoms with Gasteiger partial charge in [0.1, 0.15) is 0 Å². The third-order valence-electron chi connectivity index (χ3n) is 0. The molecule has 20 valence electrons. The van der Waals surface area contributed by atoms with Gasteiger partial charge in [-0.3, -0.25) is 0 Å². The molecule has 0 aromatic heterocycles. The molecule has 0 atom stereocenters. The number of rotatable bonds is 0. The Morgan fingerprint density at radius 2 is 1.50 bits per heavy atom. The van der Waals surface area contributed by atoms with Gasteiger partial charge in [0.2, 0.25) is 0 Å². The second-order valence-corrected chi connectivity index (χ2v) is 16.3. The van der Waals surface area contributed by atoms with Crippen LogP contribution in [-0.4, -0.2) is 35.2 Å². The molecule has 0 heterocycles. The molecule has 0 nitrogen and oxygen atoms in total. The van der Waals surface area contributed by atoms with Crippen molar-refractivity contribution in [2.75, 3.05) is 0 Å². The van der Waals surface area contributed by atoms with E-state index >= 15 is 0 Å². The summed E-state index contributed by atoms with van der Waals surface area (Å²) in [6.07, 6.45) is 0. The van der Waals surface area contributed by atoms with Gasteiger partial charge in [-0.25, -0.2) is 0 Å². The van der Waals surface area contributed by atoms with Crippen molar-refractivity contribution in [2.45, 2.75) is 11.4 Å². The van der Waals surface area contributed by atoms with Gasteiger partial charge in [0.15, 0.2) is 0 Å². The molecule has 0 amide bonds. The molecule has 0 radical (unpaired) electrons. The normalized spacial score (nSPS) is 9.25. The van der Waals surface area contributed by atoms with Crippen LogP contribution in [0.3, 0.4) is 0 Å². The number of hydrogen-bond acceptors (Lipinski definition) is 0. The topological polar surface area (TPSA) is 0 Å². The summed E-state index contributed by atoms with van der Waals surface area (Å²) in [4.78, 5) is 0. The average Bonchev–Trinajstić information content (AvgIpc) is 0.811. The van der Waals surface area contributed by atoms with E-state index in [4.69, 9.17) is 0 Å². The van der Waals surface area contributed by atoms with Gasteiger partial charge in [0.05, 0.1) is 0 Å². The van der Waals surface area contributed by atoms with E-state index in [9.17, 15) is 0 Å². The maximum atomic E-state index is 2.37. The molecule has 0 aromatic rings. The van der Waals surface area contributed by atoms with Gasteiger partial charge < -0.3 is 0 Å². The Labute approximate surface area is 46.2 Å². The Morgan fingerprint density at radius 3 is 1.50 bits per heavy atom. The Morgan fingerprint density at radius 1 is 1.50 bits per heavy atom. The first kappa shape index (κ1) is 5.56. The Kier molecular flexibility index (Phi) is 3.86. The fraction of sp³-hybridized carbons (Fsp3) is 1.00. The zero-order chi connectivity index (χ0) is 3.58. The van der Waals surface area contributed by atoms with Gasteiger partial charge in [0, 0.05) is 0 Å². The first-order valence-corrected chi connectivity index (χ1v) is 11.6. The van der Waals surface area contributed by atoms with Crippen LogP contribution in [0.4, 0.5) is 0 Å². The van der Waals surface area contributed by atoms with Crippen LogP contribution in [0.5, 0.6) is 0 Å². The Balaban J connectivity index is 2.32. The van der Waals surface area contributed by atoms with Crippen molar-refractivity contribution in [3.05, 3.63) is 0 Å². The third kappa shape index (κ3) is 9.59. The van der Waals surface area contributed by atoms with E-state index in [0.717, 1.165) is 0 Å². The maximum absolute atomic E-state index is 2.37. The van der Waals surface area contributed by atoms with E-state index in [1.807, 2.05) is 0 Å². The summed E-state index contributed by atoms with van der Waals surface area (Å²) in [6, 6.07) is 0. The predicted molar refractivity (Wildman–Crippen MR) is 23.2 cm³/mol. The van der Waals surface area contributed by atoms with Crippen LogP contribution in [0.2, 0.25) is 11.4 Å². The molecule has 0 aliphatic rings. The van der Waals surface area contributed by atoms with Crippen molar-refractivity contribution in [3.63, 3.8) is 0 Å². The molecule has 0 saturated carbocycles. The first-order chi connectivity index (χ1) is 1.73. The fourth-order valence-electron chi connectivity index (χ4n) is 0. The molecule has 0 aliphatic heterocycles. The molecule has 0 aromatic carbocycles. The monoisotopic (exact) mass is 128 g/mol. The SMILES string of the molecule is C[As](C)[Na]. The van der Waals surface area contributed by atoms with Gasteiger partial charge in [0.25, 0.3) is 0 Å². The summed E-state index contributed by atoms with van der Waals surface area (Å²) >= 11 is 1.49. The van der Waals surface area contributed by atoms with Gasteiger partial charge in [-0.05, 0) is 0 Å². The van der Waals surface area contributed by atoms with Gasteiger partial charge in [-0.1, -0.05) is 0 Å². The van der Waals surface area contributed by atoms with E-state index in [1.54, 1.807) is 0 Å². The zero-order valence-corrected chi connectivity index (χ0v) is 7.32. The van der Waals surface area contributed by atoms with Crippen LogP contribution in [-0.2, 0) is 0 Å². The fourth-order valence-corrected chi connectivity index (χ4v) is 0. The quantitative estimate of drug-likeness (QED) is 0.414. The van der Waals surface area contributed by atoms with Crippen LogP contribution in [0, 0.1) is 0 Å². The van der Waals surface area contributed by atoms with Gasteiger partial charge in [-0.15, -0.1) is 0 Å². The van der Waals surface area contributed by atoms with E-state index in [0.29, 0.717) is 0 Å². The van der Waals surface area contributed by atoms with E-state index < -0.39 is 0 Å².